The second-order valence-electron chi connectivity index (χ2n) is 9.92. The van der Waals surface area contributed by atoms with Crippen LogP contribution in [0, 0.1) is 11.8 Å². The highest BCUT2D eigenvalue weighted by molar-refractivity contribution is 6.03. The van der Waals surface area contributed by atoms with Crippen LogP contribution in [0.2, 0.25) is 0 Å². The fourth-order valence-corrected chi connectivity index (χ4v) is 6.31. The molecule has 3 N–H and O–H groups in total. The number of carbonyl (C=O) groups excluding carboxylic acids is 3. The van der Waals surface area contributed by atoms with Crippen LogP contribution in [0.4, 0.5) is 5.69 Å². The second kappa shape index (κ2) is 10.1. The maximum Gasteiger partial charge on any atom is 0.250 e. The van der Waals surface area contributed by atoms with Crippen molar-refractivity contribution < 1.29 is 29.0 Å². The summed E-state index contributed by atoms with van der Waals surface area (Å²) in [5.41, 5.74) is 0.107. The Kier molecular flexibility index (Phi) is 6.92. The number of anilines is 1. The fourth-order valence-electron chi connectivity index (χ4n) is 6.31. The summed E-state index contributed by atoms with van der Waals surface area (Å²) in [6.45, 7) is 2.10. The van der Waals surface area contributed by atoms with E-state index in [-0.39, 0.29) is 18.4 Å². The predicted octanol–water partition coefficient (Wildman–Crippen LogP) is 2.27. The number of methoxy groups -OCH3 is 1. The number of aliphatic hydroxyl groups excluding tert-OH is 1. The van der Waals surface area contributed by atoms with Crippen LogP contribution in [0.3, 0.4) is 0 Å². The van der Waals surface area contributed by atoms with Crippen molar-refractivity contribution in [3.63, 3.8) is 0 Å². The number of nitrogens with one attached hydrogen (secondary N) is 2. The number of rotatable bonds is 9. The summed E-state index contributed by atoms with van der Waals surface area (Å²) in [6, 6.07) is 14.3. The van der Waals surface area contributed by atoms with Crippen LogP contribution in [0.1, 0.15) is 37.8 Å². The van der Waals surface area contributed by atoms with E-state index in [2.05, 4.69) is 10.6 Å². The van der Waals surface area contributed by atoms with Gasteiger partial charge in [0.15, 0.2) is 0 Å². The standard InChI is InChI=1S/C28H33N3O6/c1-3-15-29-25(33)22-21-13-14-28(37-21)23(22)27(35)31(20(16-32)17-7-5-4-6-8-17)24(28)26(34)30-18-9-11-19(36-2)12-10-18/h4-12,20-24,32H,3,13-16H2,1-2H3,(H,29,33)(H,30,34)/t20-,21-,22+,23+,24?,28?/m1/s1. The molecular weight excluding hydrogens is 474 g/mol. The molecule has 37 heavy (non-hydrogen) atoms. The first-order valence-corrected chi connectivity index (χ1v) is 12.8. The summed E-state index contributed by atoms with van der Waals surface area (Å²) >= 11 is 0. The molecule has 3 heterocycles. The average molecular weight is 508 g/mol. The number of amides is 3. The smallest absolute Gasteiger partial charge is 0.250 e. The van der Waals surface area contributed by atoms with Crippen molar-refractivity contribution in [2.75, 3.05) is 25.6 Å². The summed E-state index contributed by atoms with van der Waals surface area (Å²) in [6.07, 6.45) is 1.42. The number of ether oxygens (including phenoxy) is 2. The third-order valence-electron chi connectivity index (χ3n) is 7.89. The molecule has 3 amide bonds. The highest BCUT2D eigenvalue weighted by Crippen LogP contribution is 2.59. The van der Waals surface area contributed by atoms with E-state index in [9.17, 15) is 19.5 Å². The molecule has 6 atom stereocenters. The summed E-state index contributed by atoms with van der Waals surface area (Å²) < 4.78 is 11.7. The van der Waals surface area contributed by atoms with E-state index >= 15 is 0 Å². The van der Waals surface area contributed by atoms with Gasteiger partial charge in [-0.2, -0.15) is 0 Å². The van der Waals surface area contributed by atoms with Crippen LogP contribution in [0.5, 0.6) is 5.75 Å². The molecule has 5 rings (SSSR count). The van der Waals surface area contributed by atoms with Crippen LogP contribution in [0.15, 0.2) is 54.6 Å². The van der Waals surface area contributed by atoms with Gasteiger partial charge in [-0.3, -0.25) is 14.4 Å². The highest BCUT2D eigenvalue weighted by Gasteiger charge is 2.75. The molecule has 0 aliphatic carbocycles. The molecule has 9 nitrogen and oxygen atoms in total. The van der Waals surface area contributed by atoms with Crippen LogP contribution in [0.25, 0.3) is 0 Å². The molecule has 0 aromatic heterocycles. The molecule has 0 saturated carbocycles. The lowest BCUT2D eigenvalue weighted by Crippen LogP contribution is -2.54. The van der Waals surface area contributed by atoms with Crippen molar-refractivity contribution in [1.82, 2.24) is 10.2 Å². The topological polar surface area (TPSA) is 117 Å². The lowest BCUT2D eigenvalue weighted by atomic mass is 9.70. The lowest BCUT2D eigenvalue weighted by molar-refractivity contribution is -0.144. The van der Waals surface area contributed by atoms with Crippen LogP contribution < -0.4 is 15.4 Å². The Morgan fingerprint density at radius 2 is 1.89 bits per heavy atom. The van der Waals surface area contributed by atoms with Crippen molar-refractivity contribution in [3.8, 4) is 5.75 Å². The van der Waals surface area contributed by atoms with E-state index in [4.69, 9.17) is 9.47 Å². The highest BCUT2D eigenvalue weighted by atomic mass is 16.5. The van der Waals surface area contributed by atoms with Crippen LogP contribution >= 0.6 is 0 Å². The Hall–Kier alpha value is -3.43. The molecule has 1 spiro atoms. The minimum atomic E-state index is -1.14. The average Bonchev–Trinajstić information content (AvgIpc) is 3.56. The van der Waals surface area contributed by atoms with E-state index in [0.717, 1.165) is 6.42 Å². The van der Waals surface area contributed by atoms with Crippen molar-refractivity contribution in [1.29, 1.82) is 0 Å². The van der Waals surface area contributed by atoms with Crippen LogP contribution in [-0.2, 0) is 19.1 Å². The Morgan fingerprint density at radius 1 is 1.16 bits per heavy atom. The molecule has 2 aromatic rings. The van der Waals surface area contributed by atoms with Gasteiger partial charge in [0.05, 0.1) is 37.7 Å². The van der Waals surface area contributed by atoms with E-state index < -0.39 is 41.5 Å². The number of hydrogen-bond donors (Lipinski definition) is 3. The fraction of sp³-hybridized carbons (Fsp3) is 0.464. The number of likely N-dealkylation sites (tertiary alicyclic amines) is 1. The first-order chi connectivity index (χ1) is 17.9. The Balaban J connectivity index is 1.54. The summed E-state index contributed by atoms with van der Waals surface area (Å²) in [4.78, 5) is 42.8. The molecule has 3 fully saturated rings. The van der Waals surface area contributed by atoms with Gasteiger partial charge >= 0.3 is 0 Å². The largest absolute Gasteiger partial charge is 0.497 e. The molecule has 3 aliphatic heterocycles. The second-order valence-corrected chi connectivity index (χ2v) is 9.92. The van der Waals surface area contributed by atoms with Gasteiger partial charge in [-0.15, -0.1) is 0 Å². The van der Waals surface area contributed by atoms with Gasteiger partial charge in [0, 0.05) is 12.2 Å². The number of aliphatic hydroxyl groups is 1. The van der Waals surface area contributed by atoms with Gasteiger partial charge in [-0.05, 0) is 49.1 Å². The van der Waals surface area contributed by atoms with Gasteiger partial charge in [-0.25, -0.2) is 0 Å². The first-order valence-electron chi connectivity index (χ1n) is 12.8. The summed E-state index contributed by atoms with van der Waals surface area (Å²) in [7, 11) is 1.56. The monoisotopic (exact) mass is 507 g/mol. The Bertz CT molecular complexity index is 1160. The first kappa shape index (κ1) is 25.2. The van der Waals surface area contributed by atoms with Gasteiger partial charge in [0.1, 0.15) is 17.4 Å². The molecule has 196 valence electrons. The van der Waals surface area contributed by atoms with Crippen molar-refractivity contribution in [2.45, 2.75) is 50.0 Å². The summed E-state index contributed by atoms with van der Waals surface area (Å²) in [5.74, 6) is -1.79. The molecular formula is C28H33N3O6. The van der Waals surface area contributed by atoms with Gasteiger partial charge in [0.25, 0.3) is 0 Å². The number of nitrogens with zero attached hydrogens (tertiary/aromatic N) is 1. The number of carbonyl (C=O) groups is 3. The molecule has 3 saturated heterocycles. The SMILES string of the molecule is CCCNC(=O)[C@@H]1[C@H]2C(=O)N([C@H](CO)c3ccccc3)C(C(=O)Nc3ccc(OC)cc3)C23CC[C@H]1O3. The number of fused-ring (bicyclic) bond motifs is 1. The maximum absolute atomic E-state index is 14.1. The molecule has 2 unspecified atom stereocenters. The van der Waals surface area contributed by atoms with Crippen molar-refractivity contribution in [3.05, 3.63) is 60.2 Å². The van der Waals surface area contributed by atoms with E-state index in [1.807, 2.05) is 37.3 Å². The third kappa shape index (κ3) is 4.16. The Morgan fingerprint density at radius 3 is 2.54 bits per heavy atom. The molecule has 2 bridgehead atoms. The van der Waals surface area contributed by atoms with Crippen molar-refractivity contribution >= 4 is 23.4 Å². The molecule has 0 radical (unpaired) electrons. The molecule has 3 aliphatic rings. The zero-order valence-corrected chi connectivity index (χ0v) is 21.1. The van der Waals surface area contributed by atoms with Gasteiger partial charge < -0.3 is 30.1 Å². The predicted molar refractivity (Wildman–Crippen MR) is 136 cm³/mol. The third-order valence-corrected chi connectivity index (χ3v) is 7.89. The van der Waals surface area contributed by atoms with Crippen LogP contribution in [-0.4, -0.2) is 65.7 Å². The van der Waals surface area contributed by atoms with E-state index in [1.54, 1.807) is 31.4 Å². The van der Waals surface area contributed by atoms with Gasteiger partial charge in [0.2, 0.25) is 17.7 Å². The minimum absolute atomic E-state index is 0.219. The zero-order chi connectivity index (χ0) is 26.2. The van der Waals surface area contributed by atoms with E-state index in [1.165, 1.54) is 4.90 Å². The van der Waals surface area contributed by atoms with E-state index in [0.29, 0.717) is 36.4 Å². The minimum Gasteiger partial charge on any atom is -0.497 e. The molecule has 9 heteroatoms. The quantitative estimate of drug-likeness (QED) is 0.479. The number of benzene rings is 2. The summed E-state index contributed by atoms with van der Waals surface area (Å²) in [5, 5.41) is 16.3. The lowest BCUT2D eigenvalue weighted by Gasteiger charge is -2.36. The zero-order valence-electron chi connectivity index (χ0n) is 21.1. The van der Waals surface area contributed by atoms with Crippen molar-refractivity contribution in [2.24, 2.45) is 11.8 Å². The number of hydrogen-bond acceptors (Lipinski definition) is 6. The maximum atomic E-state index is 14.1. The normalized spacial score (nSPS) is 28.6. The molecule has 2 aromatic carbocycles. The Labute approximate surface area is 216 Å². The van der Waals surface area contributed by atoms with Gasteiger partial charge in [-0.1, -0.05) is 37.3 Å².